The summed E-state index contributed by atoms with van der Waals surface area (Å²) in [5, 5.41) is 14.2. The molecule has 1 heterocycles. The van der Waals surface area contributed by atoms with Crippen molar-refractivity contribution < 1.29 is 9.31 Å². The number of nitro benzene ring substituents is 1. The number of halogens is 2. The van der Waals surface area contributed by atoms with Crippen LogP contribution in [0.25, 0.3) is 0 Å². The van der Waals surface area contributed by atoms with Gasteiger partial charge >= 0.3 is 0 Å². The van der Waals surface area contributed by atoms with Crippen LogP contribution >= 0.6 is 15.9 Å². The van der Waals surface area contributed by atoms with E-state index in [1.54, 1.807) is 0 Å². The Kier molecular flexibility index (Phi) is 5.52. The zero-order valence-electron chi connectivity index (χ0n) is 11.9. The van der Waals surface area contributed by atoms with Gasteiger partial charge in [-0.15, -0.1) is 0 Å². The summed E-state index contributed by atoms with van der Waals surface area (Å²) < 4.78 is 13.7. The maximum Gasteiger partial charge on any atom is 0.295 e. The van der Waals surface area contributed by atoms with Gasteiger partial charge in [-0.2, -0.15) is 0 Å². The number of nitrogens with one attached hydrogen (secondary N) is 1. The van der Waals surface area contributed by atoms with E-state index in [1.165, 1.54) is 25.3 Å². The van der Waals surface area contributed by atoms with Crippen LogP contribution in [0.5, 0.6) is 0 Å². The Morgan fingerprint density at radius 2 is 2.10 bits per heavy atom. The standard InChI is InChI=1S/C14H19BrFN3O2/c1-10(9-18-5-3-2-4-6-18)17-13-7-11(15)12(16)8-14(13)19(20)21/h7-8,10,17H,2-6,9H2,1H3. The molecule has 1 aromatic carbocycles. The van der Waals surface area contributed by atoms with Gasteiger partial charge in [-0.05, 0) is 54.9 Å². The molecule has 5 nitrogen and oxygen atoms in total. The molecule has 1 N–H and O–H groups in total. The zero-order valence-corrected chi connectivity index (χ0v) is 13.5. The van der Waals surface area contributed by atoms with E-state index in [-0.39, 0.29) is 16.2 Å². The summed E-state index contributed by atoms with van der Waals surface area (Å²) >= 11 is 3.07. The molecule has 0 amide bonds. The number of rotatable bonds is 5. The second kappa shape index (κ2) is 7.17. The van der Waals surface area contributed by atoms with Crippen LogP contribution in [0.4, 0.5) is 15.8 Å². The molecule has 116 valence electrons. The molecule has 0 saturated carbocycles. The van der Waals surface area contributed by atoms with Crippen molar-refractivity contribution >= 4 is 27.3 Å². The minimum atomic E-state index is -0.629. The van der Waals surface area contributed by atoms with Crippen LogP contribution in [-0.4, -0.2) is 35.5 Å². The summed E-state index contributed by atoms with van der Waals surface area (Å²) in [6.45, 7) is 4.95. The molecule has 21 heavy (non-hydrogen) atoms. The molecule has 0 aliphatic carbocycles. The maximum absolute atomic E-state index is 13.4. The van der Waals surface area contributed by atoms with Crippen LogP contribution in [0.1, 0.15) is 26.2 Å². The van der Waals surface area contributed by atoms with Crippen molar-refractivity contribution in [2.75, 3.05) is 25.0 Å². The molecule has 7 heteroatoms. The topological polar surface area (TPSA) is 58.4 Å². The maximum atomic E-state index is 13.4. The van der Waals surface area contributed by atoms with Crippen molar-refractivity contribution in [1.82, 2.24) is 4.90 Å². The molecular weight excluding hydrogens is 341 g/mol. The molecule has 0 spiro atoms. The summed E-state index contributed by atoms with van der Waals surface area (Å²) in [7, 11) is 0. The van der Waals surface area contributed by atoms with Gasteiger partial charge in [-0.3, -0.25) is 10.1 Å². The number of piperidine rings is 1. The first-order valence-corrected chi connectivity index (χ1v) is 7.89. The number of likely N-dealkylation sites (tertiary alicyclic amines) is 1. The minimum absolute atomic E-state index is 0.0548. The van der Waals surface area contributed by atoms with Crippen molar-refractivity contribution in [2.45, 2.75) is 32.2 Å². The average Bonchev–Trinajstić information content (AvgIpc) is 2.43. The predicted octanol–water partition coefficient (Wildman–Crippen LogP) is 3.78. The van der Waals surface area contributed by atoms with Gasteiger partial charge in [0, 0.05) is 12.6 Å². The predicted molar refractivity (Wildman–Crippen MR) is 84.1 cm³/mol. The highest BCUT2D eigenvalue weighted by atomic mass is 79.9. The molecule has 1 aliphatic heterocycles. The number of nitro groups is 1. The monoisotopic (exact) mass is 359 g/mol. The molecule has 1 aliphatic rings. The van der Waals surface area contributed by atoms with Gasteiger partial charge in [-0.25, -0.2) is 4.39 Å². The fourth-order valence-corrected chi connectivity index (χ4v) is 2.99. The van der Waals surface area contributed by atoms with Crippen molar-refractivity contribution in [3.8, 4) is 0 Å². The van der Waals surface area contributed by atoms with E-state index in [4.69, 9.17) is 0 Å². The average molecular weight is 360 g/mol. The van der Waals surface area contributed by atoms with Gasteiger partial charge in [0.2, 0.25) is 0 Å². The normalized spacial score (nSPS) is 17.5. The second-order valence-corrected chi connectivity index (χ2v) is 6.30. The van der Waals surface area contributed by atoms with Gasteiger partial charge in [0.15, 0.2) is 0 Å². The van der Waals surface area contributed by atoms with E-state index in [9.17, 15) is 14.5 Å². The minimum Gasteiger partial charge on any atom is -0.376 e. The van der Waals surface area contributed by atoms with E-state index in [0.717, 1.165) is 25.7 Å². The van der Waals surface area contributed by atoms with Crippen LogP contribution in [0.3, 0.4) is 0 Å². The molecule has 2 rings (SSSR count). The summed E-state index contributed by atoms with van der Waals surface area (Å²) in [6.07, 6.45) is 3.68. The Bertz CT molecular complexity index is 521. The Hall–Kier alpha value is -1.21. The quantitative estimate of drug-likeness (QED) is 0.641. The Morgan fingerprint density at radius 3 is 2.71 bits per heavy atom. The lowest BCUT2D eigenvalue weighted by Gasteiger charge is -2.29. The van der Waals surface area contributed by atoms with Gasteiger partial charge in [-0.1, -0.05) is 6.42 Å². The van der Waals surface area contributed by atoms with Gasteiger partial charge < -0.3 is 10.2 Å². The summed E-state index contributed by atoms with van der Waals surface area (Å²) in [5.74, 6) is -0.629. The summed E-state index contributed by atoms with van der Waals surface area (Å²) in [5.41, 5.74) is 0.110. The molecule has 1 unspecified atom stereocenters. The molecular formula is C14H19BrFN3O2. The first-order valence-electron chi connectivity index (χ1n) is 7.09. The van der Waals surface area contributed by atoms with E-state index >= 15 is 0 Å². The number of anilines is 1. The van der Waals surface area contributed by atoms with Crippen molar-refractivity contribution in [3.05, 3.63) is 32.5 Å². The third kappa shape index (κ3) is 4.38. The first-order chi connectivity index (χ1) is 9.97. The molecule has 1 saturated heterocycles. The molecule has 0 bridgehead atoms. The van der Waals surface area contributed by atoms with Crippen molar-refractivity contribution in [2.24, 2.45) is 0 Å². The van der Waals surface area contributed by atoms with E-state index < -0.39 is 10.7 Å². The number of nitrogens with zero attached hydrogens (tertiary/aromatic N) is 2. The molecule has 1 fully saturated rings. The number of hydrogen-bond donors (Lipinski definition) is 1. The Morgan fingerprint density at radius 1 is 1.43 bits per heavy atom. The number of hydrogen-bond acceptors (Lipinski definition) is 4. The Labute approximate surface area is 131 Å². The van der Waals surface area contributed by atoms with Gasteiger partial charge in [0.05, 0.1) is 15.5 Å². The van der Waals surface area contributed by atoms with Crippen LogP contribution in [-0.2, 0) is 0 Å². The molecule has 0 radical (unpaired) electrons. The second-order valence-electron chi connectivity index (χ2n) is 5.45. The van der Waals surface area contributed by atoms with Crippen LogP contribution in [0, 0.1) is 15.9 Å². The summed E-state index contributed by atoms with van der Waals surface area (Å²) in [4.78, 5) is 12.8. The fraction of sp³-hybridized carbons (Fsp3) is 0.571. The van der Waals surface area contributed by atoms with Gasteiger partial charge in [0.25, 0.3) is 5.69 Å². The van der Waals surface area contributed by atoms with E-state index in [2.05, 4.69) is 26.1 Å². The highest BCUT2D eigenvalue weighted by molar-refractivity contribution is 9.10. The molecule has 0 aromatic heterocycles. The highest BCUT2D eigenvalue weighted by Gasteiger charge is 2.20. The largest absolute Gasteiger partial charge is 0.376 e. The fourth-order valence-electron chi connectivity index (χ4n) is 2.64. The zero-order chi connectivity index (χ0) is 15.4. The van der Waals surface area contributed by atoms with Gasteiger partial charge in [0.1, 0.15) is 11.5 Å². The summed E-state index contributed by atoms with van der Waals surface area (Å²) in [6, 6.07) is 2.43. The first kappa shape index (κ1) is 16.2. The van der Waals surface area contributed by atoms with Crippen molar-refractivity contribution in [1.29, 1.82) is 0 Å². The smallest absolute Gasteiger partial charge is 0.295 e. The van der Waals surface area contributed by atoms with Crippen LogP contribution < -0.4 is 5.32 Å². The molecule has 1 atom stereocenters. The lowest BCUT2D eigenvalue weighted by molar-refractivity contribution is -0.384. The Balaban J connectivity index is 2.07. The third-order valence-corrected chi connectivity index (χ3v) is 4.23. The molecule has 1 aromatic rings. The van der Waals surface area contributed by atoms with E-state index in [1.807, 2.05) is 6.92 Å². The number of benzene rings is 1. The third-order valence-electron chi connectivity index (χ3n) is 3.62. The lowest BCUT2D eigenvalue weighted by atomic mass is 10.1. The lowest BCUT2D eigenvalue weighted by Crippen LogP contribution is -2.38. The van der Waals surface area contributed by atoms with Crippen molar-refractivity contribution in [3.63, 3.8) is 0 Å². The van der Waals surface area contributed by atoms with E-state index in [0.29, 0.717) is 5.69 Å². The van der Waals surface area contributed by atoms with Crippen LogP contribution in [0.15, 0.2) is 16.6 Å². The van der Waals surface area contributed by atoms with Crippen LogP contribution in [0.2, 0.25) is 0 Å². The highest BCUT2D eigenvalue weighted by Crippen LogP contribution is 2.31. The SMILES string of the molecule is CC(CN1CCCCC1)Nc1cc(Br)c(F)cc1[N+](=O)[O-].